The van der Waals surface area contributed by atoms with Gasteiger partial charge >= 0.3 is 0 Å². The SMILES string of the molecule is CCCCN(C)S(=O)(=O)c1ccc2c(Cl)cnc(Cl)c2c1. The second kappa shape index (κ2) is 6.48. The van der Waals surface area contributed by atoms with Gasteiger partial charge in [-0.05, 0) is 18.6 Å². The monoisotopic (exact) mass is 346 g/mol. The summed E-state index contributed by atoms with van der Waals surface area (Å²) in [6.07, 6.45) is 3.20. The van der Waals surface area contributed by atoms with E-state index in [-0.39, 0.29) is 10.0 Å². The molecule has 0 aliphatic rings. The molecule has 4 nitrogen and oxygen atoms in total. The van der Waals surface area contributed by atoms with Crippen LogP contribution in [0.3, 0.4) is 0 Å². The molecule has 7 heteroatoms. The number of halogens is 2. The normalized spacial score (nSPS) is 12.2. The molecule has 1 aromatic carbocycles. The van der Waals surface area contributed by atoms with Gasteiger partial charge in [0.2, 0.25) is 10.0 Å². The number of hydrogen-bond donors (Lipinski definition) is 0. The zero-order valence-corrected chi connectivity index (χ0v) is 14.1. The molecule has 0 unspecified atom stereocenters. The average molecular weight is 347 g/mol. The molecule has 1 heterocycles. The predicted molar refractivity (Wildman–Crippen MR) is 86.5 cm³/mol. The molecule has 0 radical (unpaired) electrons. The van der Waals surface area contributed by atoms with E-state index in [9.17, 15) is 8.42 Å². The summed E-state index contributed by atoms with van der Waals surface area (Å²) in [6, 6.07) is 4.72. The van der Waals surface area contributed by atoms with Crippen LogP contribution in [0.5, 0.6) is 0 Å². The number of rotatable bonds is 5. The van der Waals surface area contributed by atoms with Gasteiger partial charge in [0.25, 0.3) is 0 Å². The summed E-state index contributed by atoms with van der Waals surface area (Å²) in [5.41, 5.74) is 0. The van der Waals surface area contributed by atoms with Gasteiger partial charge in [0.05, 0.1) is 9.92 Å². The minimum atomic E-state index is -3.53. The fourth-order valence-electron chi connectivity index (χ4n) is 2.00. The third-order valence-electron chi connectivity index (χ3n) is 3.30. The first-order valence-electron chi connectivity index (χ1n) is 6.58. The van der Waals surface area contributed by atoms with Crippen LogP contribution >= 0.6 is 23.2 Å². The van der Waals surface area contributed by atoms with Crippen molar-refractivity contribution in [1.82, 2.24) is 9.29 Å². The minimum Gasteiger partial charge on any atom is -0.242 e. The van der Waals surface area contributed by atoms with E-state index >= 15 is 0 Å². The number of pyridine rings is 1. The van der Waals surface area contributed by atoms with Crippen molar-refractivity contribution in [2.75, 3.05) is 13.6 Å². The molecule has 2 rings (SSSR count). The number of sulfonamides is 1. The van der Waals surface area contributed by atoms with Crippen LogP contribution < -0.4 is 0 Å². The van der Waals surface area contributed by atoms with Crippen molar-refractivity contribution in [3.8, 4) is 0 Å². The van der Waals surface area contributed by atoms with Crippen LogP contribution in [0.25, 0.3) is 10.8 Å². The zero-order valence-electron chi connectivity index (χ0n) is 11.8. The van der Waals surface area contributed by atoms with Crippen molar-refractivity contribution in [3.63, 3.8) is 0 Å². The lowest BCUT2D eigenvalue weighted by Crippen LogP contribution is -2.27. The number of benzene rings is 1. The van der Waals surface area contributed by atoms with Crippen molar-refractivity contribution in [2.24, 2.45) is 0 Å². The maximum absolute atomic E-state index is 12.5. The van der Waals surface area contributed by atoms with E-state index in [1.165, 1.54) is 16.6 Å². The van der Waals surface area contributed by atoms with Crippen molar-refractivity contribution in [3.05, 3.63) is 34.6 Å². The topological polar surface area (TPSA) is 50.3 Å². The Morgan fingerprint density at radius 3 is 2.62 bits per heavy atom. The molecular weight excluding hydrogens is 331 g/mol. The fourth-order valence-corrected chi connectivity index (χ4v) is 3.65. The van der Waals surface area contributed by atoms with E-state index in [1.54, 1.807) is 19.2 Å². The third kappa shape index (κ3) is 3.31. The van der Waals surface area contributed by atoms with Gasteiger partial charge in [-0.2, -0.15) is 0 Å². The molecule has 0 bridgehead atoms. The van der Waals surface area contributed by atoms with Crippen LogP contribution in [0, 0.1) is 0 Å². The number of hydrogen-bond acceptors (Lipinski definition) is 3. The third-order valence-corrected chi connectivity index (χ3v) is 5.75. The van der Waals surface area contributed by atoms with E-state index in [4.69, 9.17) is 23.2 Å². The Labute approximate surface area is 134 Å². The highest BCUT2D eigenvalue weighted by molar-refractivity contribution is 7.89. The van der Waals surface area contributed by atoms with E-state index in [2.05, 4.69) is 4.98 Å². The molecule has 2 aromatic rings. The molecule has 0 atom stereocenters. The molecule has 0 saturated carbocycles. The molecule has 114 valence electrons. The Kier molecular flexibility index (Phi) is 5.09. The molecule has 1 aromatic heterocycles. The summed E-state index contributed by atoms with van der Waals surface area (Å²) in [6.45, 7) is 2.50. The van der Waals surface area contributed by atoms with Gasteiger partial charge in [0.1, 0.15) is 5.15 Å². The van der Waals surface area contributed by atoms with Crippen LogP contribution in [0.1, 0.15) is 19.8 Å². The first-order chi connectivity index (χ1) is 9.87. The number of aromatic nitrogens is 1. The van der Waals surface area contributed by atoms with Crippen molar-refractivity contribution in [2.45, 2.75) is 24.7 Å². The standard InChI is InChI=1S/C14H16Cl2N2O2S/c1-3-4-7-18(2)21(19,20)10-5-6-11-12(8-10)14(16)17-9-13(11)15/h5-6,8-9H,3-4,7H2,1-2H3. The summed E-state index contributed by atoms with van der Waals surface area (Å²) in [4.78, 5) is 4.14. The van der Waals surface area contributed by atoms with Gasteiger partial charge in [-0.1, -0.05) is 42.6 Å². The van der Waals surface area contributed by atoms with Crippen molar-refractivity contribution >= 4 is 44.0 Å². The summed E-state index contributed by atoms with van der Waals surface area (Å²) in [7, 11) is -1.95. The average Bonchev–Trinajstić information content (AvgIpc) is 2.48. The van der Waals surface area contributed by atoms with Gasteiger partial charge in [0, 0.05) is 30.6 Å². The molecule has 0 aliphatic heterocycles. The number of unbranched alkanes of at least 4 members (excludes halogenated alkanes) is 1. The number of fused-ring (bicyclic) bond motifs is 1. The minimum absolute atomic E-state index is 0.194. The molecule has 0 N–H and O–H groups in total. The van der Waals surface area contributed by atoms with E-state index in [0.29, 0.717) is 22.3 Å². The summed E-state index contributed by atoms with van der Waals surface area (Å²) in [5, 5.41) is 1.90. The predicted octanol–water partition coefficient (Wildman–Crippen LogP) is 3.96. The lowest BCUT2D eigenvalue weighted by Gasteiger charge is -2.17. The second-order valence-corrected chi connectivity index (χ2v) is 7.59. The summed E-state index contributed by atoms with van der Waals surface area (Å²) >= 11 is 12.1. The van der Waals surface area contributed by atoms with Gasteiger partial charge in [-0.15, -0.1) is 0 Å². The van der Waals surface area contributed by atoms with E-state index in [0.717, 1.165) is 12.8 Å². The zero-order chi connectivity index (χ0) is 15.6. The molecule has 0 spiro atoms. The van der Waals surface area contributed by atoms with Crippen molar-refractivity contribution in [1.29, 1.82) is 0 Å². The maximum atomic E-state index is 12.5. The van der Waals surface area contributed by atoms with Crippen molar-refractivity contribution < 1.29 is 8.42 Å². The smallest absolute Gasteiger partial charge is 0.242 e. The first kappa shape index (κ1) is 16.5. The van der Waals surface area contributed by atoms with Gasteiger partial charge in [-0.25, -0.2) is 17.7 Å². The fraction of sp³-hybridized carbons (Fsp3) is 0.357. The first-order valence-corrected chi connectivity index (χ1v) is 8.77. The van der Waals surface area contributed by atoms with Crippen LogP contribution in [0.15, 0.2) is 29.3 Å². The molecule has 0 saturated heterocycles. The Balaban J connectivity index is 2.50. The highest BCUT2D eigenvalue weighted by atomic mass is 35.5. The Morgan fingerprint density at radius 2 is 1.95 bits per heavy atom. The van der Waals surface area contributed by atoms with Crippen LogP contribution in [-0.4, -0.2) is 31.3 Å². The van der Waals surface area contributed by atoms with Gasteiger partial charge in [-0.3, -0.25) is 0 Å². The molecule has 0 fully saturated rings. The largest absolute Gasteiger partial charge is 0.242 e. The highest BCUT2D eigenvalue weighted by Gasteiger charge is 2.21. The van der Waals surface area contributed by atoms with Crippen LogP contribution in [0.4, 0.5) is 0 Å². The van der Waals surface area contributed by atoms with E-state index < -0.39 is 10.0 Å². The Morgan fingerprint density at radius 1 is 1.24 bits per heavy atom. The molecular formula is C14H16Cl2N2O2S. The molecule has 0 amide bonds. The lowest BCUT2D eigenvalue weighted by atomic mass is 10.2. The second-order valence-electron chi connectivity index (χ2n) is 4.78. The lowest BCUT2D eigenvalue weighted by molar-refractivity contribution is 0.459. The number of nitrogens with zero attached hydrogens (tertiary/aromatic N) is 2. The quantitative estimate of drug-likeness (QED) is 0.769. The van der Waals surface area contributed by atoms with Gasteiger partial charge < -0.3 is 0 Å². The van der Waals surface area contributed by atoms with Crippen LogP contribution in [-0.2, 0) is 10.0 Å². The van der Waals surface area contributed by atoms with E-state index in [1.807, 2.05) is 6.92 Å². The summed E-state index contributed by atoms with van der Waals surface area (Å²) in [5.74, 6) is 0. The van der Waals surface area contributed by atoms with Crippen LogP contribution in [0.2, 0.25) is 10.2 Å². The molecule has 21 heavy (non-hydrogen) atoms. The van der Waals surface area contributed by atoms with Gasteiger partial charge in [0.15, 0.2) is 0 Å². The molecule has 0 aliphatic carbocycles. The Hall–Kier alpha value is -0.880. The maximum Gasteiger partial charge on any atom is 0.242 e. The Bertz CT molecular complexity index is 763. The highest BCUT2D eigenvalue weighted by Crippen LogP contribution is 2.30. The summed E-state index contributed by atoms with van der Waals surface area (Å²) < 4.78 is 26.4.